The molecule has 0 aromatic carbocycles. The minimum atomic E-state index is -0.376. The number of carbonyl (C=O) groups excluding carboxylic acids is 2. The molecular formula is C11H17NO4. The Morgan fingerprint density at radius 2 is 1.69 bits per heavy atom. The molecule has 0 heterocycles. The number of rotatable bonds is 8. The molecule has 0 aliphatic heterocycles. The highest BCUT2D eigenvalue weighted by Crippen LogP contribution is 2.00. The Hall–Kier alpha value is -1.57. The smallest absolute Gasteiger partial charge is 0.305 e. The first kappa shape index (κ1) is 14.4. The van der Waals surface area contributed by atoms with E-state index >= 15 is 0 Å². The molecule has 0 aliphatic rings. The molecule has 0 saturated heterocycles. The zero-order chi connectivity index (χ0) is 12.2. The fourth-order valence-electron chi connectivity index (χ4n) is 0.948. The zero-order valence-electron chi connectivity index (χ0n) is 9.53. The van der Waals surface area contributed by atoms with Crippen molar-refractivity contribution in [2.24, 2.45) is 0 Å². The number of hydrogen-bond donors (Lipinski definition) is 0. The van der Waals surface area contributed by atoms with E-state index in [1.54, 1.807) is 0 Å². The van der Waals surface area contributed by atoms with Gasteiger partial charge in [-0.05, 0) is 12.8 Å². The average Bonchev–Trinajstić information content (AvgIpc) is 2.26. The second-order valence-corrected chi connectivity index (χ2v) is 3.20. The summed E-state index contributed by atoms with van der Waals surface area (Å²) in [6.45, 7) is 2.46. The van der Waals surface area contributed by atoms with Gasteiger partial charge >= 0.3 is 11.9 Å². The first-order chi connectivity index (χ1) is 7.70. The largest absolute Gasteiger partial charge is 0.466 e. The molecule has 0 rings (SSSR count). The Labute approximate surface area is 95.3 Å². The summed E-state index contributed by atoms with van der Waals surface area (Å²) in [5.74, 6) is -0.662. The molecule has 0 fully saturated rings. The lowest BCUT2D eigenvalue weighted by atomic mass is 10.2. The normalized spacial score (nSPS) is 9.25. The van der Waals surface area contributed by atoms with Gasteiger partial charge in [0.15, 0.2) is 0 Å². The highest BCUT2D eigenvalue weighted by atomic mass is 16.5. The number of nitriles is 1. The number of esters is 2. The van der Waals surface area contributed by atoms with E-state index in [0.717, 1.165) is 6.42 Å². The molecule has 5 heteroatoms. The van der Waals surface area contributed by atoms with Gasteiger partial charge < -0.3 is 9.47 Å². The van der Waals surface area contributed by atoms with Crippen LogP contribution in [0.4, 0.5) is 0 Å². The van der Waals surface area contributed by atoms with E-state index in [9.17, 15) is 9.59 Å². The van der Waals surface area contributed by atoms with Gasteiger partial charge in [0.2, 0.25) is 0 Å². The van der Waals surface area contributed by atoms with Crippen LogP contribution < -0.4 is 0 Å². The second-order valence-electron chi connectivity index (χ2n) is 3.20. The van der Waals surface area contributed by atoms with Gasteiger partial charge in [0.25, 0.3) is 0 Å². The van der Waals surface area contributed by atoms with Gasteiger partial charge in [0, 0.05) is 12.8 Å². The molecule has 0 unspecified atom stereocenters. The van der Waals surface area contributed by atoms with Crippen LogP contribution in [-0.2, 0) is 19.1 Å². The van der Waals surface area contributed by atoms with E-state index in [4.69, 9.17) is 14.7 Å². The third-order valence-electron chi connectivity index (χ3n) is 1.71. The van der Waals surface area contributed by atoms with Crippen LogP contribution >= 0.6 is 0 Å². The Kier molecular flexibility index (Phi) is 8.99. The summed E-state index contributed by atoms with van der Waals surface area (Å²) >= 11 is 0. The topological polar surface area (TPSA) is 76.4 Å². The Balaban J connectivity index is 3.40. The Morgan fingerprint density at radius 3 is 2.19 bits per heavy atom. The lowest BCUT2D eigenvalue weighted by Gasteiger charge is -2.03. The molecule has 16 heavy (non-hydrogen) atoms. The van der Waals surface area contributed by atoms with E-state index in [-0.39, 0.29) is 37.8 Å². The molecule has 0 radical (unpaired) electrons. The van der Waals surface area contributed by atoms with Crippen molar-refractivity contribution >= 4 is 11.9 Å². The molecule has 0 saturated carbocycles. The van der Waals surface area contributed by atoms with Crippen molar-refractivity contribution in [2.45, 2.75) is 39.0 Å². The molecule has 0 amide bonds. The highest BCUT2D eigenvalue weighted by Gasteiger charge is 2.06. The van der Waals surface area contributed by atoms with Crippen molar-refractivity contribution in [3.05, 3.63) is 0 Å². The maximum Gasteiger partial charge on any atom is 0.305 e. The molecule has 90 valence electrons. The van der Waals surface area contributed by atoms with E-state index in [1.807, 2.05) is 13.0 Å². The monoisotopic (exact) mass is 227 g/mol. The molecule has 5 nitrogen and oxygen atoms in total. The fraction of sp³-hybridized carbons (Fsp3) is 0.727. The average molecular weight is 227 g/mol. The maximum absolute atomic E-state index is 11.0. The molecule has 0 aromatic heterocycles. The second kappa shape index (κ2) is 9.97. The van der Waals surface area contributed by atoms with Gasteiger partial charge in [-0.25, -0.2) is 0 Å². The van der Waals surface area contributed by atoms with Crippen LogP contribution in [0.15, 0.2) is 0 Å². The van der Waals surface area contributed by atoms with E-state index in [1.165, 1.54) is 0 Å². The van der Waals surface area contributed by atoms with Crippen molar-refractivity contribution in [1.29, 1.82) is 5.26 Å². The van der Waals surface area contributed by atoms with Gasteiger partial charge in [-0.2, -0.15) is 5.26 Å². The highest BCUT2D eigenvalue weighted by molar-refractivity contribution is 5.72. The van der Waals surface area contributed by atoms with Crippen LogP contribution in [0, 0.1) is 11.3 Å². The maximum atomic E-state index is 11.0. The lowest BCUT2D eigenvalue weighted by molar-refractivity contribution is -0.145. The van der Waals surface area contributed by atoms with Crippen LogP contribution in [0.1, 0.15) is 39.0 Å². The minimum absolute atomic E-state index is 0.121. The van der Waals surface area contributed by atoms with E-state index in [0.29, 0.717) is 13.0 Å². The molecular weight excluding hydrogens is 210 g/mol. The van der Waals surface area contributed by atoms with Crippen molar-refractivity contribution in [3.8, 4) is 6.07 Å². The van der Waals surface area contributed by atoms with E-state index in [2.05, 4.69) is 0 Å². The molecule has 0 aromatic rings. The van der Waals surface area contributed by atoms with Crippen LogP contribution in [-0.4, -0.2) is 25.2 Å². The van der Waals surface area contributed by atoms with Crippen molar-refractivity contribution in [3.63, 3.8) is 0 Å². The zero-order valence-corrected chi connectivity index (χ0v) is 9.53. The predicted octanol–water partition coefficient (Wildman–Crippen LogP) is 1.57. The van der Waals surface area contributed by atoms with Gasteiger partial charge in [-0.3, -0.25) is 9.59 Å². The summed E-state index contributed by atoms with van der Waals surface area (Å²) in [5.41, 5.74) is 0. The van der Waals surface area contributed by atoms with Crippen molar-refractivity contribution < 1.29 is 19.1 Å². The molecule has 0 atom stereocenters. The third-order valence-corrected chi connectivity index (χ3v) is 1.71. The van der Waals surface area contributed by atoms with Crippen LogP contribution in [0.3, 0.4) is 0 Å². The summed E-state index contributed by atoms with van der Waals surface area (Å²) in [5, 5.41) is 8.21. The summed E-state index contributed by atoms with van der Waals surface area (Å²) in [6, 6.07) is 1.87. The summed E-state index contributed by atoms with van der Waals surface area (Å²) in [6.07, 6.45) is 1.83. The Bertz CT molecular complexity index is 257. The number of ether oxygens (including phenoxy) is 2. The summed E-state index contributed by atoms with van der Waals surface area (Å²) in [7, 11) is 0. The third kappa shape index (κ3) is 9.00. The molecule has 0 spiro atoms. The van der Waals surface area contributed by atoms with Crippen LogP contribution in [0.5, 0.6) is 0 Å². The van der Waals surface area contributed by atoms with Gasteiger partial charge in [0.05, 0.1) is 19.1 Å². The molecule has 0 aliphatic carbocycles. The van der Waals surface area contributed by atoms with Crippen LogP contribution in [0.2, 0.25) is 0 Å². The summed E-state index contributed by atoms with van der Waals surface area (Å²) < 4.78 is 9.57. The number of nitrogens with zero attached hydrogens (tertiary/aromatic N) is 1. The van der Waals surface area contributed by atoms with Gasteiger partial charge in [-0.15, -0.1) is 0 Å². The SMILES string of the molecule is CCCOC(=O)CCCC(=O)OCCC#N. The van der Waals surface area contributed by atoms with Gasteiger partial charge in [0.1, 0.15) is 6.61 Å². The standard InChI is InChI=1S/C11H17NO4/c1-2-8-15-10(13)5-3-6-11(14)16-9-4-7-12/h2-6,8-9H2,1H3. The van der Waals surface area contributed by atoms with Crippen molar-refractivity contribution in [2.75, 3.05) is 13.2 Å². The Morgan fingerprint density at radius 1 is 1.12 bits per heavy atom. The predicted molar refractivity (Wildman–Crippen MR) is 56.3 cm³/mol. The first-order valence-corrected chi connectivity index (χ1v) is 5.39. The number of hydrogen-bond acceptors (Lipinski definition) is 5. The number of carbonyl (C=O) groups is 2. The quantitative estimate of drug-likeness (QED) is 0.464. The molecule has 0 N–H and O–H groups in total. The van der Waals surface area contributed by atoms with Gasteiger partial charge in [-0.1, -0.05) is 6.92 Å². The lowest BCUT2D eigenvalue weighted by Crippen LogP contribution is -2.08. The summed E-state index contributed by atoms with van der Waals surface area (Å²) in [4.78, 5) is 22.1. The minimum Gasteiger partial charge on any atom is -0.466 e. The van der Waals surface area contributed by atoms with E-state index < -0.39 is 0 Å². The fourth-order valence-corrected chi connectivity index (χ4v) is 0.948. The van der Waals surface area contributed by atoms with Crippen LogP contribution in [0.25, 0.3) is 0 Å². The van der Waals surface area contributed by atoms with Crippen molar-refractivity contribution in [1.82, 2.24) is 0 Å². The first-order valence-electron chi connectivity index (χ1n) is 5.39. The molecule has 0 bridgehead atoms.